The molecule has 2 aliphatic heterocycles. The molecule has 3 heterocycles. The third kappa shape index (κ3) is 4.24. The number of nitriles is 1. The Labute approximate surface area is 194 Å². The molecule has 0 aliphatic carbocycles. The molecular weight excluding hydrogens is 410 g/mol. The maximum absolute atomic E-state index is 12.1. The van der Waals surface area contributed by atoms with Crippen LogP contribution in [0.2, 0.25) is 0 Å². The minimum atomic E-state index is -0.107. The predicted octanol–water partition coefficient (Wildman–Crippen LogP) is 4.78. The van der Waals surface area contributed by atoms with E-state index in [-0.39, 0.29) is 11.7 Å². The Morgan fingerprint density at radius 1 is 1.03 bits per heavy atom. The van der Waals surface area contributed by atoms with E-state index in [9.17, 15) is 4.79 Å². The van der Waals surface area contributed by atoms with Gasteiger partial charge in [-0.25, -0.2) is 0 Å². The molecule has 0 spiro atoms. The first-order valence-corrected chi connectivity index (χ1v) is 11.6. The average molecular weight is 440 g/mol. The second-order valence-corrected chi connectivity index (χ2v) is 9.24. The molecule has 1 aromatic heterocycles. The van der Waals surface area contributed by atoms with Crippen LogP contribution in [-0.2, 0) is 6.54 Å². The van der Waals surface area contributed by atoms with E-state index in [0.717, 1.165) is 43.7 Å². The number of pyridine rings is 1. The Kier molecular flexibility index (Phi) is 5.65. The molecule has 1 unspecified atom stereocenters. The van der Waals surface area contributed by atoms with Crippen molar-refractivity contribution in [1.82, 2.24) is 9.88 Å². The molecule has 0 saturated carbocycles. The van der Waals surface area contributed by atoms with Crippen molar-refractivity contribution in [1.29, 1.82) is 5.26 Å². The first kappa shape index (κ1) is 21.3. The largest absolute Gasteiger partial charge is 0.360 e. The SMILES string of the molecule is Cc1cc(C)c(C2Nc3cc[nH]c(=O)c3N2)cc1CN1CCC(c2ccc(C#N)cc2)CC1. The van der Waals surface area contributed by atoms with Crippen LogP contribution in [-0.4, -0.2) is 23.0 Å². The van der Waals surface area contributed by atoms with Crippen LogP contribution in [0.15, 0.2) is 53.5 Å². The molecule has 3 N–H and O–H groups in total. The predicted molar refractivity (Wildman–Crippen MR) is 131 cm³/mol. The zero-order chi connectivity index (χ0) is 22.9. The second kappa shape index (κ2) is 8.76. The molecule has 1 fully saturated rings. The molecular formula is C27H29N5O. The highest BCUT2D eigenvalue weighted by atomic mass is 16.1. The Balaban J connectivity index is 1.27. The molecule has 6 heteroatoms. The Morgan fingerprint density at radius 3 is 2.48 bits per heavy atom. The summed E-state index contributed by atoms with van der Waals surface area (Å²) in [6.45, 7) is 7.37. The molecule has 0 bridgehead atoms. The molecule has 0 radical (unpaired) electrons. The molecule has 1 atom stereocenters. The third-order valence-corrected chi connectivity index (χ3v) is 7.08. The van der Waals surface area contributed by atoms with Gasteiger partial charge in [-0.05, 0) is 91.7 Å². The Hall–Kier alpha value is -3.56. The highest BCUT2D eigenvalue weighted by Crippen LogP contribution is 2.35. The van der Waals surface area contributed by atoms with E-state index >= 15 is 0 Å². The van der Waals surface area contributed by atoms with Crippen LogP contribution >= 0.6 is 0 Å². The van der Waals surface area contributed by atoms with Gasteiger partial charge in [-0.15, -0.1) is 0 Å². The van der Waals surface area contributed by atoms with Gasteiger partial charge in [0.15, 0.2) is 0 Å². The number of H-pyrrole nitrogens is 1. The molecule has 168 valence electrons. The fourth-order valence-corrected chi connectivity index (χ4v) is 5.13. The van der Waals surface area contributed by atoms with Gasteiger partial charge in [0.2, 0.25) is 0 Å². The van der Waals surface area contributed by atoms with Crippen LogP contribution in [0, 0.1) is 25.2 Å². The summed E-state index contributed by atoms with van der Waals surface area (Å²) in [4.78, 5) is 17.4. The monoisotopic (exact) mass is 439 g/mol. The number of hydrogen-bond acceptors (Lipinski definition) is 5. The zero-order valence-corrected chi connectivity index (χ0v) is 19.1. The highest BCUT2D eigenvalue weighted by Gasteiger charge is 2.26. The van der Waals surface area contributed by atoms with Gasteiger partial charge in [0.25, 0.3) is 5.56 Å². The van der Waals surface area contributed by atoms with Crippen molar-refractivity contribution in [3.05, 3.63) is 92.4 Å². The van der Waals surface area contributed by atoms with Crippen LogP contribution < -0.4 is 16.2 Å². The lowest BCUT2D eigenvalue weighted by Gasteiger charge is -2.33. The molecule has 6 nitrogen and oxygen atoms in total. The number of piperidine rings is 1. The quantitative estimate of drug-likeness (QED) is 0.545. The van der Waals surface area contributed by atoms with Crippen LogP contribution in [0.5, 0.6) is 0 Å². The first-order chi connectivity index (χ1) is 16.0. The average Bonchev–Trinajstić information content (AvgIpc) is 3.27. The number of rotatable bonds is 4. The van der Waals surface area contributed by atoms with Crippen LogP contribution in [0.3, 0.4) is 0 Å². The fraction of sp³-hybridized carbons (Fsp3) is 0.333. The van der Waals surface area contributed by atoms with Gasteiger partial charge in [0.1, 0.15) is 11.9 Å². The molecule has 3 aromatic rings. The van der Waals surface area contributed by atoms with Crippen LogP contribution in [0.25, 0.3) is 0 Å². The van der Waals surface area contributed by atoms with Crippen molar-refractivity contribution < 1.29 is 0 Å². The number of nitrogens with one attached hydrogen (secondary N) is 3. The van der Waals surface area contributed by atoms with Crippen molar-refractivity contribution in [2.75, 3.05) is 23.7 Å². The number of aryl methyl sites for hydroxylation is 2. The van der Waals surface area contributed by atoms with Crippen molar-refractivity contribution in [2.24, 2.45) is 0 Å². The summed E-state index contributed by atoms with van der Waals surface area (Å²) in [7, 11) is 0. The number of anilines is 2. The van der Waals surface area contributed by atoms with Crippen molar-refractivity contribution in [2.45, 2.75) is 45.3 Å². The maximum atomic E-state index is 12.1. The smallest absolute Gasteiger partial charge is 0.273 e. The highest BCUT2D eigenvalue weighted by molar-refractivity contribution is 5.74. The minimum absolute atomic E-state index is 0.0994. The first-order valence-electron chi connectivity index (χ1n) is 11.6. The van der Waals surface area contributed by atoms with Gasteiger partial charge < -0.3 is 15.6 Å². The lowest BCUT2D eigenvalue weighted by Crippen LogP contribution is -2.32. The van der Waals surface area contributed by atoms with Gasteiger partial charge >= 0.3 is 0 Å². The zero-order valence-electron chi connectivity index (χ0n) is 19.1. The molecule has 2 aromatic carbocycles. The number of fused-ring (bicyclic) bond motifs is 1. The van der Waals surface area contributed by atoms with Crippen molar-refractivity contribution >= 4 is 11.4 Å². The molecule has 33 heavy (non-hydrogen) atoms. The molecule has 5 rings (SSSR count). The normalized spacial score (nSPS) is 18.3. The number of aromatic amines is 1. The summed E-state index contributed by atoms with van der Waals surface area (Å²) in [5.74, 6) is 0.562. The standard InChI is InChI=1S/C27H29N5O/c1-17-13-18(2)23(26-30-24-7-10-29-27(33)25(24)31-26)14-22(17)16-32-11-8-21(9-12-32)20-5-3-19(15-28)4-6-20/h3-7,10,13-14,21,26,30-31H,8-9,11-12,16H2,1-2H3,(H,29,33). The molecule has 1 saturated heterocycles. The number of benzene rings is 2. The summed E-state index contributed by atoms with van der Waals surface area (Å²) >= 11 is 0. The van der Waals surface area contributed by atoms with E-state index in [4.69, 9.17) is 5.26 Å². The van der Waals surface area contributed by atoms with E-state index in [0.29, 0.717) is 11.6 Å². The molecule has 0 amide bonds. The summed E-state index contributed by atoms with van der Waals surface area (Å²) in [5, 5.41) is 15.8. The lowest BCUT2D eigenvalue weighted by atomic mass is 9.88. The lowest BCUT2D eigenvalue weighted by molar-refractivity contribution is 0.204. The fourth-order valence-electron chi connectivity index (χ4n) is 5.13. The summed E-state index contributed by atoms with van der Waals surface area (Å²) in [5.41, 5.74) is 8.45. The van der Waals surface area contributed by atoms with Gasteiger partial charge in [0, 0.05) is 12.7 Å². The Bertz CT molecular complexity index is 1260. The van der Waals surface area contributed by atoms with Crippen LogP contribution in [0.1, 0.15) is 58.3 Å². The van der Waals surface area contributed by atoms with Gasteiger partial charge in [-0.3, -0.25) is 9.69 Å². The van der Waals surface area contributed by atoms with E-state index in [1.165, 1.54) is 27.8 Å². The number of hydrogen-bond donors (Lipinski definition) is 3. The van der Waals surface area contributed by atoms with E-state index in [2.05, 4.69) is 64.7 Å². The molecule has 2 aliphatic rings. The maximum Gasteiger partial charge on any atom is 0.273 e. The number of nitrogens with zero attached hydrogens (tertiary/aromatic N) is 2. The number of aromatic nitrogens is 1. The van der Waals surface area contributed by atoms with Crippen LogP contribution in [0.4, 0.5) is 11.4 Å². The second-order valence-electron chi connectivity index (χ2n) is 9.24. The summed E-state index contributed by atoms with van der Waals surface area (Å²) in [6, 6.07) is 16.7. The Morgan fingerprint density at radius 2 is 1.79 bits per heavy atom. The summed E-state index contributed by atoms with van der Waals surface area (Å²) in [6.07, 6.45) is 3.83. The summed E-state index contributed by atoms with van der Waals surface area (Å²) < 4.78 is 0. The number of likely N-dealkylation sites (tertiary alicyclic amines) is 1. The van der Waals surface area contributed by atoms with E-state index in [1.807, 2.05) is 18.2 Å². The van der Waals surface area contributed by atoms with Crippen molar-refractivity contribution in [3.8, 4) is 6.07 Å². The minimum Gasteiger partial charge on any atom is -0.360 e. The van der Waals surface area contributed by atoms with Gasteiger partial charge in [-0.2, -0.15) is 5.26 Å². The van der Waals surface area contributed by atoms with Gasteiger partial charge in [-0.1, -0.05) is 24.3 Å². The van der Waals surface area contributed by atoms with E-state index in [1.54, 1.807) is 6.20 Å². The van der Waals surface area contributed by atoms with E-state index < -0.39 is 0 Å². The van der Waals surface area contributed by atoms with Gasteiger partial charge in [0.05, 0.1) is 17.3 Å². The topological polar surface area (TPSA) is 84.0 Å². The van der Waals surface area contributed by atoms with Crippen molar-refractivity contribution in [3.63, 3.8) is 0 Å². The third-order valence-electron chi connectivity index (χ3n) is 7.08.